The van der Waals surface area contributed by atoms with Crippen LogP contribution in [-0.2, 0) is 13.1 Å². The minimum atomic E-state index is -4.79. The Morgan fingerprint density at radius 3 is 2.27 bits per heavy atom. The predicted molar refractivity (Wildman–Crippen MR) is 141 cm³/mol. The zero-order valence-electron chi connectivity index (χ0n) is 20.3. The zero-order valence-corrected chi connectivity index (χ0v) is 21.8. The van der Waals surface area contributed by atoms with Gasteiger partial charge in [0.05, 0.1) is 24.5 Å². The second kappa shape index (κ2) is 11.4. The summed E-state index contributed by atoms with van der Waals surface area (Å²) in [4.78, 5) is 12.5. The molecule has 9 nitrogen and oxygen atoms in total. The molecule has 0 radical (unpaired) electrons. The first-order chi connectivity index (χ1) is 19.1. The maximum atomic E-state index is 12.6. The SMILES string of the molecule is O=C(NCc1nn[nH]n1)c1ccc(Cn2nc(-c3cc(Cl)cc(Cl)c3)cc2-c2ccc(OC(F)(F)F)cc2)cc1. The number of rotatable bonds is 8. The van der Waals surface area contributed by atoms with Gasteiger partial charge < -0.3 is 10.1 Å². The molecular formula is C26H18Cl2F3N7O2. The molecule has 204 valence electrons. The van der Waals surface area contributed by atoms with Crippen LogP contribution in [0.1, 0.15) is 21.7 Å². The van der Waals surface area contributed by atoms with Crippen molar-refractivity contribution in [2.45, 2.75) is 19.5 Å². The summed E-state index contributed by atoms with van der Waals surface area (Å²) >= 11 is 12.4. The minimum absolute atomic E-state index is 0.122. The lowest BCUT2D eigenvalue weighted by atomic mass is 10.1. The van der Waals surface area contributed by atoms with Gasteiger partial charge in [-0.25, -0.2) is 0 Å². The number of benzene rings is 3. The zero-order chi connectivity index (χ0) is 28.3. The van der Waals surface area contributed by atoms with Crippen LogP contribution < -0.4 is 10.1 Å². The molecule has 0 fully saturated rings. The summed E-state index contributed by atoms with van der Waals surface area (Å²) in [7, 11) is 0. The Kier molecular flexibility index (Phi) is 7.71. The van der Waals surface area contributed by atoms with Gasteiger partial charge in [-0.15, -0.1) is 23.4 Å². The van der Waals surface area contributed by atoms with Crippen molar-refractivity contribution in [3.05, 3.63) is 99.8 Å². The van der Waals surface area contributed by atoms with Gasteiger partial charge in [0.15, 0.2) is 5.82 Å². The number of hydrogen-bond acceptors (Lipinski definition) is 6. The number of tetrazole rings is 1. The lowest BCUT2D eigenvalue weighted by Gasteiger charge is -2.11. The molecule has 2 heterocycles. The fourth-order valence-corrected chi connectivity index (χ4v) is 4.42. The summed E-state index contributed by atoms with van der Waals surface area (Å²) in [6.07, 6.45) is -4.79. The summed E-state index contributed by atoms with van der Waals surface area (Å²) in [6, 6.07) is 19.2. The Bertz CT molecular complexity index is 1600. The van der Waals surface area contributed by atoms with Crippen LogP contribution in [0.25, 0.3) is 22.5 Å². The normalized spacial score (nSPS) is 11.4. The number of nitrogens with one attached hydrogen (secondary N) is 2. The molecule has 0 aliphatic carbocycles. The fourth-order valence-electron chi connectivity index (χ4n) is 3.89. The van der Waals surface area contributed by atoms with E-state index >= 15 is 0 Å². The largest absolute Gasteiger partial charge is 0.573 e. The third-order valence-electron chi connectivity index (χ3n) is 5.67. The van der Waals surface area contributed by atoms with Gasteiger partial charge in [0.2, 0.25) is 0 Å². The number of H-pyrrole nitrogens is 1. The van der Waals surface area contributed by atoms with Crippen molar-refractivity contribution in [1.82, 2.24) is 35.7 Å². The molecule has 0 spiro atoms. The first-order valence-corrected chi connectivity index (χ1v) is 12.4. The number of carbonyl (C=O) groups is 1. The van der Waals surface area contributed by atoms with E-state index in [0.717, 1.165) is 5.56 Å². The molecule has 0 unspecified atom stereocenters. The third kappa shape index (κ3) is 6.77. The monoisotopic (exact) mass is 587 g/mol. The van der Waals surface area contributed by atoms with Gasteiger partial charge in [-0.2, -0.15) is 10.3 Å². The number of nitrogens with zero attached hydrogens (tertiary/aromatic N) is 5. The van der Waals surface area contributed by atoms with E-state index in [9.17, 15) is 18.0 Å². The van der Waals surface area contributed by atoms with Crippen molar-refractivity contribution < 1.29 is 22.7 Å². The fraction of sp³-hybridized carbons (Fsp3) is 0.115. The molecule has 40 heavy (non-hydrogen) atoms. The number of carbonyl (C=O) groups excluding carboxylic acids is 1. The molecule has 5 aromatic rings. The van der Waals surface area contributed by atoms with Crippen molar-refractivity contribution >= 4 is 29.1 Å². The Morgan fingerprint density at radius 1 is 0.950 bits per heavy atom. The highest BCUT2D eigenvalue weighted by molar-refractivity contribution is 6.35. The van der Waals surface area contributed by atoms with Gasteiger partial charge in [0.25, 0.3) is 5.91 Å². The average Bonchev–Trinajstić information content (AvgIpc) is 3.57. The highest BCUT2D eigenvalue weighted by atomic mass is 35.5. The molecule has 2 N–H and O–H groups in total. The van der Waals surface area contributed by atoms with E-state index in [-0.39, 0.29) is 18.2 Å². The van der Waals surface area contributed by atoms with Crippen LogP contribution >= 0.6 is 23.2 Å². The third-order valence-corrected chi connectivity index (χ3v) is 6.10. The average molecular weight is 588 g/mol. The van der Waals surface area contributed by atoms with Crippen molar-refractivity contribution in [3.63, 3.8) is 0 Å². The van der Waals surface area contributed by atoms with Crippen molar-refractivity contribution in [2.75, 3.05) is 0 Å². The highest BCUT2D eigenvalue weighted by Crippen LogP contribution is 2.32. The Labute approximate surface area is 234 Å². The van der Waals surface area contributed by atoms with Gasteiger partial charge in [-0.1, -0.05) is 40.5 Å². The summed E-state index contributed by atoms with van der Waals surface area (Å²) in [5, 5.41) is 21.6. The van der Waals surface area contributed by atoms with E-state index in [1.54, 1.807) is 53.2 Å². The van der Waals surface area contributed by atoms with Crippen LogP contribution in [-0.4, -0.2) is 42.7 Å². The molecule has 0 bridgehead atoms. The standard InChI is InChI=1S/C26H18Cl2F3N7O2/c27-19-9-18(10-20(28)11-19)22-12-23(16-5-7-21(8-6-16)40-26(29,30)31)38(35-22)14-15-1-3-17(4-2-15)25(39)32-13-24-33-36-37-34-24/h1-12H,13-14H2,(H,32,39)(H,33,34,36,37). The van der Waals surface area contributed by atoms with Crippen molar-refractivity contribution in [3.8, 4) is 28.3 Å². The van der Waals surface area contributed by atoms with Crippen LogP contribution in [0.4, 0.5) is 13.2 Å². The first-order valence-electron chi connectivity index (χ1n) is 11.6. The van der Waals surface area contributed by atoms with Gasteiger partial charge in [-0.05, 0) is 66.2 Å². The van der Waals surface area contributed by atoms with Crippen LogP contribution in [0.3, 0.4) is 0 Å². The Balaban J connectivity index is 1.41. The van der Waals surface area contributed by atoms with Crippen molar-refractivity contribution in [1.29, 1.82) is 0 Å². The molecule has 0 saturated heterocycles. The number of ether oxygens (including phenoxy) is 1. The highest BCUT2D eigenvalue weighted by Gasteiger charge is 2.31. The van der Waals surface area contributed by atoms with Crippen LogP contribution in [0, 0.1) is 0 Å². The molecular weight excluding hydrogens is 570 g/mol. The molecule has 0 saturated carbocycles. The second-order valence-electron chi connectivity index (χ2n) is 8.51. The van der Waals surface area contributed by atoms with Crippen LogP contribution in [0.2, 0.25) is 10.0 Å². The lowest BCUT2D eigenvalue weighted by Crippen LogP contribution is -2.23. The van der Waals surface area contributed by atoms with E-state index in [1.807, 2.05) is 0 Å². The van der Waals surface area contributed by atoms with E-state index < -0.39 is 6.36 Å². The second-order valence-corrected chi connectivity index (χ2v) is 9.38. The number of alkyl halides is 3. The number of halogens is 5. The number of amides is 1. The topological polar surface area (TPSA) is 111 Å². The maximum absolute atomic E-state index is 12.6. The summed E-state index contributed by atoms with van der Waals surface area (Å²) < 4.78 is 43.6. The van der Waals surface area contributed by atoms with Gasteiger partial charge in [0.1, 0.15) is 5.75 Å². The summed E-state index contributed by atoms with van der Waals surface area (Å²) in [6.45, 7) is 0.423. The molecule has 5 rings (SSSR count). The Hall–Kier alpha value is -4.42. The minimum Gasteiger partial charge on any atom is -0.406 e. The van der Waals surface area contributed by atoms with Gasteiger partial charge in [0, 0.05) is 26.7 Å². The molecule has 0 atom stereocenters. The van der Waals surface area contributed by atoms with E-state index in [1.165, 1.54) is 24.3 Å². The lowest BCUT2D eigenvalue weighted by molar-refractivity contribution is -0.274. The van der Waals surface area contributed by atoms with E-state index in [4.69, 9.17) is 28.3 Å². The van der Waals surface area contributed by atoms with E-state index in [2.05, 4.69) is 30.7 Å². The molecule has 14 heteroatoms. The first kappa shape index (κ1) is 27.2. The molecule has 0 aliphatic heterocycles. The summed E-state index contributed by atoms with van der Waals surface area (Å²) in [5.74, 6) is -0.291. The van der Waals surface area contributed by atoms with E-state index in [0.29, 0.717) is 50.5 Å². The number of hydrogen-bond donors (Lipinski definition) is 2. The Morgan fingerprint density at radius 2 is 1.65 bits per heavy atom. The van der Waals surface area contributed by atoms with Crippen LogP contribution in [0.15, 0.2) is 72.8 Å². The van der Waals surface area contributed by atoms with Crippen molar-refractivity contribution in [2.24, 2.45) is 0 Å². The summed E-state index contributed by atoms with van der Waals surface area (Å²) in [5.41, 5.74) is 3.73. The van der Waals surface area contributed by atoms with Gasteiger partial charge >= 0.3 is 6.36 Å². The maximum Gasteiger partial charge on any atom is 0.573 e. The number of aromatic amines is 1. The quantitative estimate of drug-likeness (QED) is 0.233. The molecule has 2 aromatic heterocycles. The predicted octanol–water partition coefficient (Wildman–Crippen LogP) is 5.91. The smallest absolute Gasteiger partial charge is 0.406 e. The van der Waals surface area contributed by atoms with Crippen LogP contribution in [0.5, 0.6) is 5.75 Å². The molecule has 1 amide bonds. The van der Waals surface area contributed by atoms with Gasteiger partial charge in [-0.3, -0.25) is 9.48 Å². The number of aromatic nitrogens is 6. The molecule has 3 aromatic carbocycles. The molecule has 0 aliphatic rings.